The fourth-order valence-electron chi connectivity index (χ4n) is 3.88. The topological polar surface area (TPSA) is 53.0 Å². The van der Waals surface area contributed by atoms with Gasteiger partial charge >= 0.3 is 0 Å². The molecule has 7 heteroatoms. The third-order valence-corrected chi connectivity index (χ3v) is 5.34. The number of morpholine rings is 1. The number of guanidine groups is 1. The molecule has 156 valence electrons. The third kappa shape index (κ3) is 5.39. The lowest BCUT2D eigenvalue weighted by Crippen LogP contribution is -2.44. The van der Waals surface area contributed by atoms with Crippen LogP contribution in [0, 0.1) is 0 Å². The van der Waals surface area contributed by atoms with E-state index in [1.54, 1.807) is 0 Å². The van der Waals surface area contributed by atoms with Gasteiger partial charge in [-0.25, -0.2) is 9.98 Å². The van der Waals surface area contributed by atoms with E-state index in [4.69, 9.17) is 9.73 Å². The first-order chi connectivity index (χ1) is 13.8. The Bertz CT molecular complexity index is 822. The molecule has 6 nitrogen and oxygen atoms in total. The van der Waals surface area contributed by atoms with Crippen molar-refractivity contribution in [3.05, 3.63) is 59.3 Å². The van der Waals surface area contributed by atoms with Gasteiger partial charge in [0.05, 0.1) is 19.8 Å². The number of pyridine rings is 1. The van der Waals surface area contributed by atoms with Crippen LogP contribution in [0.4, 0.5) is 5.82 Å². The standard InChI is InChI=1S/C22H29N5O.HI/c1-2-23-22(27-11-9-18-6-3-4-7-20(18)17-27)25-16-19-8-5-10-24-21(19)26-12-14-28-15-13-26;/h3-8,10H,2,9,11-17H2,1H3,(H,23,25);1H. The van der Waals surface area contributed by atoms with E-state index in [1.807, 2.05) is 12.3 Å². The minimum atomic E-state index is 0. The largest absolute Gasteiger partial charge is 0.378 e. The summed E-state index contributed by atoms with van der Waals surface area (Å²) >= 11 is 0. The maximum absolute atomic E-state index is 5.49. The van der Waals surface area contributed by atoms with Gasteiger partial charge in [-0.3, -0.25) is 0 Å². The Hall–Kier alpha value is -1.87. The van der Waals surface area contributed by atoms with Crippen molar-refractivity contribution in [1.29, 1.82) is 0 Å². The minimum absolute atomic E-state index is 0. The number of fused-ring (bicyclic) bond motifs is 1. The second-order valence-electron chi connectivity index (χ2n) is 7.20. The van der Waals surface area contributed by atoms with Gasteiger partial charge in [-0.1, -0.05) is 30.3 Å². The van der Waals surface area contributed by atoms with Gasteiger partial charge in [0.15, 0.2) is 5.96 Å². The average molecular weight is 507 g/mol. The van der Waals surface area contributed by atoms with Crippen LogP contribution in [0.2, 0.25) is 0 Å². The highest BCUT2D eigenvalue weighted by Gasteiger charge is 2.19. The molecule has 0 spiro atoms. The maximum atomic E-state index is 5.49. The third-order valence-electron chi connectivity index (χ3n) is 5.34. The molecule has 0 bridgehead atoms. The number of aromatic nitrogens is 1. The Morgan fingerprint density at radius 3 is 2.69 bits per heavy atom. The molecule has 0 saturated carbocycles. The first-order valence-corrected chi connectivity index (χ1v) is 10.2. The lowest BCUT2D eigenvalue weighted by atomic mass is 10.0. The Labute approximate surface area is 190 Å². The minimum Gasteiger partial charge on any atom is -0.378 e. The first-order valence-electron chi connectivity index (χ1n) is 10.2. The molecule has 2 aliphatic heterocycles. The summed E-state index contributed by atoms with van der Waals surface area (Å²) in [5.41, 5.74) is 4.02. The van der Waals surface area contributed by atoms with Crippen LogP contribution in [0.5, 0.6) is 0 Å². The van der Waals surface area contributed by atoms with E-state index in [0.717, 1.165) is 69.7 Å². The summed E-state index contributed by atoms with van der Waals surface area (Å²) < 4.78 is 5.49. The maximum Gasteiger partial charge on any atom is 0.194 e. The zero-order valence-corrected chi connectivity index (χ0v) is 19.3. The number of nitrogens with one attached hydrogen (secondary N) is 1. The molecule has 1 N–H and O–H groups in total. The smallest absolute Gasteiger partial charge is 0.194 e. The molecular weight excluding hydrogens is 477 g/mol. The monoisotopic (exact) mass is 507 g/mol. The molecular formula is C22H30IN5O. The van der Waals surface area contributed by atoms with Gasteiger partial charge in [0.2, 0.25) is 0 Å². The van der Waals surface area contributed by atoms with Crippen LogP contribution in [0.25, 0.3) is 0 Å². The van der Waals surface area contributed by atoms with Crippen LogP contribution in [0.15, 0.2) is 47.6 Å². The molecule has 0 aliphatic carbocycles. The van der Waals surface area contributed by atoms with Crippen molar-refractivity contribution in [3.8, 4) is 0 Å². The molecule has 1 aromatic carbocycles. The molecule has 1 saturated heterocycles. The Balaban J connectivity index is 0.00000240. The van der Waals surface area contributed by atoms with E-state index in [1.165, 1.54) is 11.1 Å². The highest BCUT2D eigenvalue weighted by atomic mass is 127. The summed E-state index contributed by atoms with van der Waals surface area (Å²) in [4.78, 5) is 14.3. The molecule has 1 fully saturated rings. The predicted molar refractivity (Wildman–Crippen MR) is 128 cm³/mol. The lowest BCUT2D eigenvalue weighted by Gasteiger charge is -2.32. The van der Waals surface area contributed by atoms with E-state index < -0.39 is 0 Å². The van der Waals surface area contributed by atoms with Gasteiger partial charge in [0.1, 0.15) is 5.82 Å². The highest BCUT2D eigenvalue weighted by molar-refractivity contribution is 14.0. The van der Waals surface area contributed by atoms with E-state index in [0.29, 0.717) is 6.54 Å². The van der Waals surface area contributed by atoms with Gasteiger partial charge in [0.25, 0.3) is 0 Å². The van der Waals surface area contributed by atoms with Gasteiger partial charge in [0, 0.05) is 44.5 Å². The Morgan fingerprint density at radius 2 is 1.90 bits per heavy atom. The second-order valence-corrected chi connectivity index (χ2v) is 7.20. The quantitative estimate of drug-likeness (QED) is 0.392. The zero-order chi connectivity index (χ0) is 19.2. The molecule has 0 atom stereocenters. The van der Waals surface area contributed by atoms with Gasteiger partial charge in [-0.15, -0.1) is 24.0 Å². The van der Waals surface area contributed by atoms with Crippen molar-refractivity contribution in [3.63, 3.8) is 0 Å². The number of halogens is 1. The predicted octanol–water partition coefficient (Wildman–Crippen LogP) is 3.06. The van der Waals surface area contributed by atoms with Crippen LogP contribution in [-0.4, -0.2) is 55.2 Å². The number of benzene rings is 1. The summed E-state index contributed by atoms with van der Waals surface area (Å²) in [6, 6.07) is 12.8. The Morgan fingerprint density at radius 1 is 1.10 bits per heavy atom. The van der Waals surface area contributed by atoms with Crippen molar-refractivity contribution >= 4 is 35.8 Å². The van der Waals surface area contributed by atoms with Crippen molar-refractivity contribution in [2.75, 3.05) is 44.3 Å². The van der Waals surface area contributed by atoms with Crippen LogP contribution in [-0.2, 0) is 24.2 Å². The number of anilines is 1. The summed E-state index contributed by atoms with van der Waals surface area (Å²) in [6.07, 6.45) is 2.93. The summed E-state index contributed by atoms with van der Waals surface area (Å²) in [7, 11) is 0. The molecule has 0 radical (unpaired) electrons. The van der Waals surface area contributed by atoms with Crippen LogP contribution < -0.4 is 10.2 Å². The van der Waals surface area contributed by atoms with Crippen molar-refractivity contribution in [2.24, 2.45) is 4.99 Å². The zero-order valence-electron chi connectivity index (χ0n) is 17.0. The molecule has 4 rings (SSSR count). The fourth-order valence-corrected chi connectivity index (χ4v) is 3.88. The molecule has 2 aromatic rings. The van der Waals surface area contributed by atoms with E-state index in [2.05, 4.69) is 57.4 Å². The number of rotatable bonds is 4. The first kappa shape index (κ1) is 21.8. The van der Waals surface area contributed by atoms with Gasteiger partial charge < -0.3 is 19.9 Å². The van der Waals surface area contributed by atoms with Gasteiger partial charge in [-0.05, 0) is 30.5 Å². The SMILES string of the molecule is CCNC(=NCc1cccnc1N1CCOCC1)N1CCc2ccccc2C1.I. The molecule has 2 aliphatic rings. The number of nitrogens with zero attached hydrogens (tertiary/aromatic N) is 4. The van der Waals surface area contributed by atoms with E-state index in [9.17, 15) is 0 Å². The molecule has 3 heterocycles. The second kappa shape index (κ2) is 10.8. The normalized spacial score (nSPS) is 16.8. The summed E-state index contributed by atoms with van der Waals surface area (Å²) in [5.74, 6) is 2.02. The number of hydrogen-bond acceptors (Lipinski definition) is 4. The van der Waals surface area contributed by atoms with Crippen molar-refractivity contribution < 1.29 is 4.74 Å². The summed E-state index contributed by atoms with van der Waals surface area (Å²) in [6.45, 7) is 8.80. The molecule has 29 heavy (non-hydrogen) atoms. The lowest BCUT2D eigenvalue weighted by molar-refractivity contribution is 0.122. The van der Waals surface area contributed by atoms with E-state index in [-0.39, 0.29) is 24.0 Å². The average Bonchev–Trinajstić information content (AvgIpc) is 2.77. The van der Waals surface area contributed by atoms with E-state index >= 15 is 0 Å². The van der Waals surface area contributed by atoms with Crippen LogP contribution in [0.1, 0.15) is 23.6 Å². The molecule has 0 unspecified atom stereocenters. The number of ether oxygens (including phenoxy) is 1. The number of aliphatic imine (C=N–C) groups is 1. The molecule has 0 amide bonds. The fraction of sp³-hybridized carbons (Fsp3) is 0.455. The summed E-state index contributed by atoms with van der Waals surface area (Å²) in [5, 5.41) is 3.47. The highest BCUT2D eigenvalue weighted by Crippen LogP contribution is 2.21. The van der Waals surface area contributed by atoms with Crippen LogP contribution >= 0.6 is 24.0 Å². The van der Waals surface area contributed by atoms with Gasteiger partial charge in [-0.2, -0.15) is 0 Å². The molecule has 1 aromatic heterocycles. The Kier molecular flexibility index (Phi) is 8.11. The van der Waals surface area contributed by atoms with Crippen LogP contribution in [0.3, 0.4) is 0 Å². The van der Waals surface area contributed by atoms with Crippen molar-refractivity contribution in [1.82, 2.24) is 15.2 Å². The number of hydrogen-bond donors (Lipinski definition) is 1. The van der Waals surface area contributed by atoms with Crippen molar-refractivity contribution in [2.45, 2.75) is 26.4 Å².